The summed E-state index contributed by atoms with van der Waals surface area (Å²) in [7, 11) is 0. The Hall–Kier alpha value is -1.53. The molecular formula is C26H35ClN2O2Sn. The molecule has 2 N–H and O–H groups in total. The zero-order chi connectivity index (χ0) is 23.1. The van der Waals surface area contributed by atoms with Crippen LogP contribution in [-0.4, -0.2) is 33.5 Å². The summed E-state index contributed by atoms with van der Waals surface area (Å²) in [4.78, 5) is 20.7. The van der Waals surface area contributed by atoms with Crippen molar-refractivity contribution < 1.29 is 5.11 Å². The standard InChI is InChI=1S/C14H8ClN2O2.3C4H9.Sn/c15-8-5-6-12(18)10(7-8)13-16-11-4-2-1-3-9(11)14(19)17-13;3*1-3-4-2;/h2-7,18H,(H,16,17,19);3*1,3-4H2,2H3;. The van der Waals surface area contributed by atoms with Crippen molar-refractivity contribution in [3.63, 3.8) is 0 Å². The van der Waals surface area contributed by atoms with Crippen LogP contribution in [0.5, 0.6) is 5.75 Å². The van der Waals surface area contributed by atoms with Crippen molar-refractivity contribution in [3.05, 3.63) is 51.8 Å². The SMILES string of the molecule is CCC[CH2][Sn]([CH2]CCC)([CH2]CCC)[c]1ccc2nc(-c3cc(Cl)ccc3O)[nH]c(=O)c2c1. The molecule has 0 radical (unpaired) electrons. The van der Waals surface area contributed by atoms with Crippen molar-refractivity contribution in [2.45, 2.75) is 72.6 Å². The minimum atomic E-state index is -2.63. The molecule has 0 bridgehead atoms. The van der Waals surface area contributed by atoms with Gasteiger partial charge < -0.3 is 0 Å². The van der Waals surface area contributed by atoms with Crippen LogP contribution >= 0.6 is 11.6 Å². The van der Waals surface area contributed by atoms with Gasteiger partial charge in [-0.15, -0.1) is 0 Å². The van der Waals surface area contributed by atoms with E-state index in [1.807, 2.05) is 6.07 Å². The van der Waals surface area contributed by atoms with Gasteiger partial charge in [0.1, 0.15) is 0 Å². The van der Waals surface area contributed by atoms with Crippen LogP contribution in [-0.2, 0) is 0 Å². The van der Waals surface area contributed by atoms with Gasteiger partial charge in [0.15, 0.2) is 0 Å². The van der Waals surface area contributed by atoms with E-state index in [9.17, 15) is 9.90 Å². The van der Waals surface area contributed by atoms with Gasteiger partial charge in [0, 0.05) is 0 Å². The third-order valence-electron chi connectivity index (χ3n) is 6.56. The molecule has 0 aliphatic heterocycles. The second-order valence-electron chi connectivity index (χ2n) is 8.90. The first kappa shape index (κ1) is 25.1. The van der Waals surface area contributed by atoms with E-state index in [1.54, 1.807) is 12.1 Å². The molecule has 2 aromatic carbocycles. The second-order valence-corrected chi connectivity index (χ2v) is 22.6. The fourth-order valence-electron chi connectivity index (χ4n) is 4.65. The molecule has 0 saturated carbocycles. The van der Waals surface area contributed by atoms with Gasteiger partial charge in [-0.2, -0.15) is 0 Å². The van der Waals surface area contributed by atoms with Gasteiger partial charge >= 0.3 is 201 Å². The summed E-state index contributed by atoms with van der Waals surface area (Å²) in [5.41, 5.74) is 0.935. The summed E-state index contributed by atoms with van der Waals surface area (Å²) in [5, 5.41) is 11.4. The number of hydrogen-bond acceptors (Lipinski definition) is 3. The Balaban J connectivity index is 2.11. The van der Waals surface area contributed by atoms with Crippen molar-refractivity contribution in [3.8, 4) is 17.1 Å². The van der Waals surface area contributed by atoms with Crippen LogP contribution in [0.15, 0.2) is 41.2 Å². The van der Waals surface area contributed by atoms with Crippen LogP contribution in [0, 0.1) is 0 Å². The second kappa shape index (κ2) is 11.6. The molecule has 172 valence electrons. The normalized spacial score (nSPS) is 11.9. The summed E-state index contributed by atoms with van der Waals surface area (Å²) in [6.07, 6.45) is 7.51. The van der Waals surface area contributed by atoms with Crippen LogP contribution in [0.1, 0.15) is 59.3 Å². The van der Waals surface area contributed by atoms with Gasteiger partial charge in [0.05, 0.1) is 0 Å². The maximum atomic E-state index is 13.1. The van der Waals surface area contributed by atoms with Gasteiger partial charge in [-0.3, -0.25) is 0 Å². The Morgan fingerprint density at radius 3 is 2.16 bits per heavy atom. The van der Waals surface area contributed by atoms with E-state index < -0.39 is 18.4 Å². The molecule has 4 nitrogen and oxygen atoms in total. The number of halogens is 1. The average Bonchev–Trinajstić information content (AvgIpc) is 2.80. The zero-order valence-electron chi connectivity index (χ0n) is 19.5. The van der Waals surface area contributed by atoms with Gasteiger partial charge in [-0.1, -0.05) is 0 Å². The van der Waals surface area contributed by atoms with Gasteiger partial charge in [0.25, 0.3) is 0 Å². The number of aromatic hydroxyl groups is 1. The van der Waals surface area contributed by atoms with Crippen LogP contribution in [0.4, 0.5) is 0 Å². The predicted molar refractivity (Wildman–Crippen MR) is 139 cm³/mol. The van der Waals surface area contributed by atoms with Gasteiger partial charge in [0.2, 0.25) is 0 Å². The Morgan fingerprint density at radius 1 is 0.938 bits per heavy atom. The molecule has 0 saturated heterocycles. The molecule has 3 aromatic rings. The average molecular weight is 562 g/mol. The molecule has 0 aliphatic carbocycles. The van der Waals surface area contributed by atoms with Crippen molar-refractivity contribution in [1.29, 1.82) is 0 Å². The number of aromatic nitrogens is 2. The monoisotopic (exact) mass is 562 g/mol. The molecule has 1 heterocycles. The first-order valence-electron chi connectivity index (χ1n) is 12.0. The van der Waals surface area contributed by atoms with E-state index in [1.165, 1.54) is 61.5 Å². The third kappa shape index (κ3) is 5.69. The number of phenolic OH excluding ortho intramolecular Hbond substituents is 1. The molecule has 0 spiro atoms. The molecule has 0 amide bonds. The van der Waals surface area contributed by atoms with Crippen molar-refractivity contribution >= 4 is 44.5 Å². The number of rotatable bonds is 11. The minimum absolute atomic E-state index is 0.0439. The van der Waals surface area contributed by atoms with Crippen LogP contribution in [0.2, 0.25) is 18.3 Å². The van der Waals surface area contributed by atoms with E-state index in [-0.39, 0.29) is 11.3 Å². The van der Waals surface area contributed by atoms with Gasteiger partial charge in [-0.25, -0.2) is 0 Å². The molecule has 0 unspecified atom stereocenters. The number of phenols is 1. The molecule has 0 fully saturated rings. The number of nitrogens with one attached hydrogen (secondary N) is 1. The first-order valence-corrected chi connectivity index (χ1v) is 19.8. The van der Waals surface area contributed by atoms with Crippen molar-refractivity contribution in [2.24, 2.45) is 0 Å². The number of unbranched alkanes of at least 4 members (excludes halogenated alkanes) is 3. The Morgan fingerprint density at radius 2 is 1.56 bits per heavy atom. The van der Waals surface area contributed by atoms with E-state index in [2.05, 4.69) is 42.9 Å². The number of H-pyrrole nitrogens is 1. The number of benzene rings is 2. The Bertz CT molecular complexity index is 1090. The Kier molecular flexibility index (Phi) is 9.06. The van der Waals surface area contributed by atoms with Crippen LogP contribution < -0.4 is 9.14 Å². The zero-order valence-corrected chi connectivity index (χ0v) is 23.1. The first-order chi connectivity index (χ1) is 15.4. The molecular weight excluding hydrogens is 526 g/mol. The summed E-state index contributed by atoms with van der Waals surface area (Å²) in [6.45, 7) is 6.83. The fraction of sp³-hybridized carbons (Fsp3) is 0.462. The summed E-state index contributed by atoms with van der Waals surface area (Å²) in [5.74, 6) is 0.385. The number of nitrogens with zero attached hydrogens (tertiary/aromatic N) is 1. The van der Waals surface area contributed by atoms with E-state index >= 15 is 0 Å². The van der Waals surface area contributed by atoms with E-state index in [4.69, 9.17) is 11.6 Å². The van der Waals surface area contributed by atoms with E-state index in [0.717, 1.165) is 0 Å². The van der Waals surface area contributed by atoms with Crippen molar-refractivity contribution in [1.82, 2.24) is 9.97 Å². The third-order valence-corrected chi connectivity index (χ3v) is 22.4. The summed E-state index contributed by atoms with van der Waals surface area (Å²) >= 11 is 3.46. The maximum absolute atomic E-state index is 13.1. The summed E-state index contributed by atoms with van der Waals surface area (Å²) in [6, 6.07) is 11.2. The number of aromatic amines is 1. The molecule has 1 aromatic heterocycles. The van der Waals surface area contributed by atoms with E-state index in [0.29, 0.717) is 27.3 Å². The van der Waals surface area contributed by atoms with Crippen LogP contribution in [0.3, 0.4) is 0 Å². The quantitative estimate of drug-likeness (QED) is 0.248. The topological polar surface area (TPSA) is 66.0 Å². The summed E-state index contributed by atoms with van der Waals surface area (Å²) < 4.78 is 5.54. The molecule has 3 rings (SSSR count). The Labute approximate surface area is 200 Å². The predicted octanol–water partition coefficient (Wildman–Crippen LogP) is 7.01. The fourth-order valence-corrected chi connectivity index (χ4v) is 20.8. The number of fused-ring (bicyclic) bond motifs is 1. The molecule has 6 heteroatoms. The molecule has 0 aliphatic rings. The molecule has 0 atom stereocenters. The van der Waals surface area contributed by atoms with Crippen LogP contribution in [0.25, 0.3) is 22.3 Å². The number of hydrogen-bond donors (Lipinski definition) is 2. The van der Waals surface area contributed by atoms with Gasteiger partial charge in [-0.05, 0) is 0 Å². The molecule has 32 heavy (non-hydrogen) atoms. The van der Waals surface area contributed by atoms with Crippen molar-refractivity contribution in [2.75, 3.05) is 0 Å².